The quantitative estimate of drug-likeness (QED) is 0.926. The lowest BCUT2D eigenvalue weighted by Gasteiger charge is -2.30. The molecule has 1 saturated carbocycles. The Balaban J connectivity index is 1.95. The minimum absolute atomic E-state index is 0.250. The first kappa shape index (κ1) is 13.8. The minimum atomic E-state index is 0.250. The van der Waals surface area contributed by atoms with Gasteiger partial charge in [0.1, 0.15) is 0 Å². The fourth-order valence-corrected chi connectivity index (χ4v) is 2.73. The van der Waals surface area contributed by atoms with Gasteiger partial charge in [0, 0.05) is 6.07 Å². The molecule has 6 heteroatoms. The number of rotatable bonds is 4. The first-order valence-corrected chi connectivity index (χ1v) is 6.98. The van der Waals surface area contributed by atoms with Crippen LogP contribution in [-0.4, -0.2) is 23.3 Å². The van der Waals surface area contributed by atoms with E-state index in [4.69, 9.17) is 33.7 Å². The molecular weight excluding hydrogens is 273 g/mol. The van der Waals surface area contributed by atoms with Gasteiger partial charge in [0.2, 0.25) is 0 Å². The molecule has 0 saturated heterocycles. The van der Waals surface area contributed by atoms with Crippen molar-refractivity contribution in [3.63, 3.8) is 0 Å². The molecule has 2 N–H and O–H groups in total. The third-order valence-electron chi connectivity index (χ3n) is 3.51. The van der Waals surface area contributed by atoms with E-state index in [1.165, 1.54) is 19.3 Å². The second-order valence-corrected chi connectivity index (χ2v) is 5.42. The highest BCUT2D eigenvalue weighted by atomic mass is 35.5. The van der Waals surface area contributed by atoms with Crippen LogP contribution in [-0.2, 0) is 0 Å². The third kappa shape index (κ3) is 3.46. The van der Waals surface area contributed by atoms with E-state index in [0.717, 1.165) is 13.0 Å². The lowest BCUT2D eigenvalue weighted by molar-refractivity contribution is 0.153. The van der Waals surface area contributed by atoms with E-state index in [1.54, 1.807) is 6.07 Å². The van der Waals surface area contributed by atoms with Gasteiger partial charge in [0.15, 0.2) is 16.1 Å². The van der Waals surface area contributed by atoms with Crippen LogP contribution in [0, 0.1) is 11.8 Å². The van der Waals surface area contributed by atoms with E-state index in [0.29, 0.717) is 24.2 Å². The second-order valence-electron chi connectivity index (χ2n) is 4.67. The average Bonchev–Trinajstić information content (AvgIpc) is 2.40. The average molecular weight is 290 g/mol. The summed E-state index contributed by atoms with van der Waals surface area (Å²) in [6, 6.07) is 1.59. The Hall–Kier alpha value is -0.580. The van der Waals surface area contributed by atoms with Gasteiger partial charge < -0.3 is 10.5 Å². The van der Waals surface area contributed by atoms with E-state index in [1.807, 2.05) is 0 Å². The predicted molar refractivity (Wildman–Crippen MR) is 72.0 cm³/mol. The van der Waals surface area contributed by atoms with Crippen LogP contribution in [0.1, 0.15) is 25.7 Å². The molecule has 4 nitrogen and oxygen atoms in total. The Labute approximate surface area is 117 Å². The van der Waals surface area contributed by atoms with Crippen LogP contribution in [0.4, 0.5) is 0 Å². The zero-order valence-electron chi connectivity index (χ0n) is 10.1. The Bertz CT molecular complexity index is 403. The Kier molecular flexibility index (Phi) is 5.03. The minimum Gasteiger partial charge on any atom is -0.490 e. The standard InChI is InChI=1S/C12H17Cl2N3O/c13-11-5-10(12(14)17-16-11)18-7-9-4-2-1-3-8(9)6-15/h5,8-9H,1-4,6-7,15H2. The summed E-state index contributed by atoms with van der Waals surface area (Å²) in [5.41, 5.74) is 5.79. The molecule has 2 atom stereocenters. The van der Waals surface area contributed by atoms with Crippen molar-refractivity contribution in [1.82, 2.24) is 10.2 Å². The van der Waals surface area contributed by atoms with Crippen molar-refractivity contribution >= 4 is 23.2 Å². The van der Waals surface area contributed by atoms with Gasteiger partial charge in [0.05, 0.1) is 6.61 Å². The SMILES string of the molecule is NCC1CCCCC1COc1cc(Cl)nnc1Cl. The number of halogens is 2. The van der Waals surface area contributed by atoms with Gasteiger partial charge in [-0.15, -0.1) is 10.2 Å². The summed E-state index contributed by atoms with van der Waals surface area (Å²) in [6.07, 6.45) is 4.86. The monoisotopic (exact) mass is 289 g/mol. The Morgan fingerprint density at radius 2 is 1.94 bits per heavy atom. The maximum Gasteiger partial charge on any atom is 0.193 e. The van der Waals surface area contributed by atoms with E-state index in [-0.39, 0.29) is 10.3 Å². The summed E-state index contributed by atoms with van der Waals surface area (Å²) in [6.45, 7) is 1.33. The highest BCUT2D eigenvalue weighted by Crippen LogP contribution is 2.31. The van der Waals surface area contributed by atoms with E-state index < -0.39 is 0 Å². The molecule has 18 heavy (non-hydrogen) atoms. The summed E-state index contributed by atoms with van der Waals surface area (Å²) in [5.74, 6) is 1.53. The topological polar surface area (TPSA) is 61.0 Å². The molecule has 0 aromatic carbocycles. The van der Waals surface area contributed by atoms with Crippen LogP contribution >= 0.6 is 23.2 Å². The first-order chi connectivity index (χ1) is 8.70. The zero-order valence-corrected chi connectivity index (χ0v) is 11.6. The molecule has 2 rings (SSSR count). The molecule has 1 fully saturated rings. The number of hydrogen-bond donors (Lipinski definition) is 1. The molecule has 2 unspecified atom stereocenters. The van der Waals surface area contributed by atoms with E-state index >= 15 is 0 Å². The summed E-state index contributed by atoms with van der Waals surface area (Å²) < 4.78 is 5.71. The molecule has 0 aliphatic heterocycles. The highest BCUT2D eigenvalue weighted by molar-refractivity contribution is 6.32. The van der Waals surface area contributed by atoms with Crippen LogP contribution in [0.15, 0.2) is 6.07 Å². The maximum absolute atomic E-state index is 5.90. The van der Waals surface area contributed by atoms with E-state index in [2.05, 4.69) is 10.2 Å². The smallest absolute Gasteiger partial charge is 0.193 e. The first-order valence-electron chi connectivity index (χ1n) is 6.22. The molecule has 0 amide bonds. The lowest BCUT2D eigenvalue weighted by Crippen LogP contribution is -2.30. The van der Waals surface area contributed by atoms with Gasteiger partial charge >= 0.3 is 0 Å². The molecule has 0 radical (unpaired) electrons. The van der Waals surface area contributed by atoms with Gasteiger partial charge in [-0.25, -0.2) is 0 Å². The molecule has 0 spiro atoms. The predicted octanol–water partition coefficient (Wildman–Crippen LogP) is 2.93. The summed E-state index contributed by atoms with van der Waals surface area (Å²) >= 11 is 11.7. The van der Waals surface area contributed by atoms with Crippen molar-refractivity contribution in [1.29, 1.82) is 0 Å². The Morgan fingerprint density at radius 3 is 2.67 bits per heavy atom. The van der Waals surface area contributed by atoms with Gasteiger partial charge in [-0.05, 0) is 31.2 Å². The summed E-state index contributed by atoms with van der Waals surface area (Å²) in [5, 5.41) is 7.90. The van der Waals surface area contributed by atoms with Crippen molar-refractivity contribution in [2.75, 3.05) is 13.2 Å². The number of hydrogen-bond acceptors (Lipinski definition) is 4. The molecule has 1 heterocycles. The number of aromatic nitrogens is 2. The molecule has 1 aromatic heterocycles. The van der Waals surface area contributed by atoms with Crippen molar-refractivity contribution < 1.29 is 4.74 Å². The van der Waals surface area contributed by atoms with Crippen LogP contribution in [0.3, 0.4) is 0 Å². The number of ether oxygens (including phenoxy) is 1. The second kappa shape index (κ2) is 6.55. The van der Waals surface area contributed by atoms with Crippen molar-refractivity contribution in [3.8, 4) is 5.75 Å². The largest absolute Gasteiger partial charge is 0.490 e. The summed E-state index contributed by atoms with van der Waals surface area (Å²) in [4.78, 5) is 0. The van der Waals surface area contributed by atoms with Gasteiger partial charge in [-0.2, -0.15) is 0 Å². The molecule has 100 valence electrons. The maximum atomic E-state index is 5.90. The molecule has 0 bridgehead atoms. The van der Waals surface area contributed by atoms with Crippen LogP contribution in [0.5, 0.6) is 5.75 Å². The van der Waals surface area contributed by atoms with Crippen molar-refractivity contribution in [2.45, 2.75) is 25.7 Å². The number of nitrogens with zero attached hydrogens (tertiary/aromatic N) is 2. The molecule has 1 aromatic rings. The van der Waals surface area contributed by atoms with Gasteiger partial charge in [-0.3, -0.25) is 0 Å². The fraction of sp³-hybridized carbons (Fsp3) is 0.667. The van der Waals surface area contributed by atoms with Crippen LogP contribution in [0.2, 0.25) is 10.3 Å². The lowest BCUT2D eigenvalue weighted by atomic mass is 9.80. The molecular formula is C12H17Cl2N3O. The Morgan fingerprint density at radius 1 is 1.22 bits per heavy atom. The zero-order chi connectivity index (χ0) is 13.0. The van der Waals surface area contributed by atoms with Crippen LogP contribution < -0.4 is 10.5 Å². The molecule has 1 aliphatic rings. The van der Waals surface area contributed by atoms with Crippen molar-refractivity contribution in [2.24, 2.45) is 17.6 Å². The van der Waals surface area contributed by atoms with E-state index in [9.17, 15) is 0 Å². The van der Waals surface area contributed by atoms with Crippen LogP contribution in [0.25, 0.3) is 0 Å². The van der Waals surface area contributed by atoms with Crippen molar-refractivity contribution in [3.05, 3.63) is 16.4 Å². The normalized spacial score (nSPS) is 23.9. The highest BCUT2D eigenvalue weighted by Gasteiger charge is 2.24. The fourth-order valence-electron chi connectivity index (χ4n) is 2.45. The molecule has 1 aliphatic carbocycles. The van der Waals surface area contributed by atoms with Gasteiger partial charge in [-0.1, -0.05) is 36.0 Å². The number of nitrogens with two attached hydrogens (primary N) is 1. The third-order valence-corrected chi connectivity index (χ3v) is 3.96. The summed E-state index contributed by atoms with van der Waals surface area (Å²) in [7, 11) is 0. The van der Waals surface area contributed by atoms with Gasteiger partial charge in [0.25, 0.3) is 0 Å².